The van der Waals surface area contributed by atoms with E-state index in [0.29, 0.717) is 26.1 Å². The third-order valence-corrected chi connectivity index (χ3v) is 10.0. The quantitative estimate of drug-likeness (QED) is 0.0477. The molecule has 0 bridgehead atoms. The second-order valence-electron chi connectivity index (χ2n) is 15.0. The number of carbonyl (C=O) groups excluding carboxylic acids is 2. The largest absolute Gasteiger partial charge is 0.466 e. The summed E-state index contributed by atoms with van der Waals surface area (Å²) in [5, 5.41) is 0. The zero-order valence-corrected chi connectivity index (χ0v) is 32.9. The summed E-state index contributed by atoms with van der Waals surface area (Å²) >= 11 is 0. The topological polar surface area (TPSA) is 52.6 Å². The van der Waals surface area contributed by atoms with Crippen molar-refractivity contribution in [2.75, 3.05) is 13.2 Å². The molecule has 0 aromatic carbocycles. The normalized spacial score (nSPS) is 11.3. The van der Waals surface area contributed by atoms with Crippen LogP contribution >= 0.6 is 0 Å². The molecule has 48 heavy (non-hydrogen) atoms. The molecule has 0 rings (SSSR count). The second-order valence-corrected chi connectivity index (χ2v) is 15.0. The fourth-order valence-electron chi connectivity index (χ4n) is 6.71. The predicted molar refractivity (Wildman–Crippen MR) is 209 cm³/mol. The highest BCUT2D eigenvalue weighted by molar-refractivity contribution is 5.69. The smallest absolute Gasteiger partial charge is 0.305 e. The van der Waals surface area contributed by atoms with Crippen molar-refractivity contribution in [1.82, 2.24) is 0 Å². The average molecular weight is 679 g/mol. The van der Waals surface area contributed by atoms with Crippen LogP contribution in [0.1, 0.15) is 258 Å². The molecule has 0 aromatic heterocycles. The lowest BCUT2D eigenvalue weighted by Crippen LogP contribution is -2.05. The van der Waals surface area contributed by atoms with Gasteiger partial charge in [-0.15, -0.1) is 0 Å². The molecule has 0 atom stereocenters. The van der Waals surface area contributed by atoms with E-state index in [4.69, 9.17) is 9.47 Å². The van der Waals surface area contributed by atoms with E-state index in [1.165, 1.54) is 180 Å². The molecule has 4 nitrogen and oxygen atoms in total. The summed E-state index contributed by atoms with van der Waals surface area (Å²) in [5.41, 5.74) is 0. The summed E-state index contributed by atoms with van der Waals surface area (Å²) in [6.07, 6.45) is 47.8. The molecular weight excluding hydrogens is 592 g/mol. The summed E-state index contributed by atoms with van der Waals surface area (Å²) in [5.74, 6) is -0.0107. The van der Waals surface area contributed by atoms with E-state index in [9.17, 15) is 9.59 Å². The van der Waals surface area contributed by atoms with Gasteiger partial charge in [-0.3, -0.25) is 9.59 Å². The standard InChI is InChI=1S/C44H86O4/c1-3-5-7-9-11-13-15-17-19-21-23-27-31-35-39-43(45)47-41-37-33-29-25-26-30-34-38-42-48-44(46)40-36-32-28-24-22-20-18-16-14-12-10-8-6-4-2/h3-42H2,1-2H3. The van der Waals surface area contributed by atoms with Crippen LogP contribution in [0.15, 0.2) is 0 Å². The number of rotatable bonds is 41. The maximum Gasteiger partial charge on any atom is 0.305 e. The van der Waals surface area contributed by atoms with E-state index in [2.05, 4.69) is 13.8 Å². The third kappa shape index (κ3) is 41.1. The van der Waals surface area contributed by atoms with Crippen molar-refractivity contribution in [3.63, 3.8) is 0 Å². The Balaban J connectivity index is 3.22. The van der Waals surface area contributed by atoms with Crippen molar-refractivity contribution in [1.29, 1.82) is 0 Å². The lowest BCUT2D eigenvalue weighted by Gasteiger charge is -2.06. The molecule has 0 aliphatic rings. The fraction of sp³-hybridized carbons (Fsp3) is 0.955. The number of ether oxygens (including phenoxy) is 2. The first kappa shape index (κ1) is 46.9. The van der Waals surface area contributed by atoms with Crippen molar-refractivity contribution in [3.8, 4) is 0 Å². The highest BCUT2D eigenvalue weighted by Gasteiger charge is 2.04. The van der Waals surface area contributed by atoms with Crippen LogP contribution in [-0.2, 0) is 19.1 Å². The van der Waals surface area contributed by atoms with Crippen LogP contribution in [0.3, 0.4) is 0 Å². The van der Waals surface area contributed by atoms with E-state index < -0.39 is 0 Å². The van der Waals surface area contributed by atoms with Gasteiger partial charge in [0, 0.05) is 12.8 Å². The molecule has 0 aromatic rings. The Morgan fingerprint density at radius 3 is 0.688 bits per heavy atom. The van der Waals surface area contributed by atoms with Crippen LogP contribution in [0.4, 0.5) is 0 Å². The Bertz CT molecular complexity index is 579. The number of esters is 2. The molecular formula is C44H86O4. The molecule has 0 saturated heterocycles. The van der Waals surface area contributed by atoms with Gasteiger partial charge in [-0.05, 0) is 25.7 Å². The SMILES string of the molecule is CCCCCCCCCCCCCCCCC(=O)OCCCCCCCCCCOC(=O)CCCCCCCCCCCCCCCC. The number of hydrogen-bond acceptors (Lipinski definition) is 4. The predicted octanol–water partition coefficient (Wildman–Crippen LogP) is 14.9. The van der Waals surface area contributed by atoms with E-state index in [1.54, 1.807) is 0 Å². The molecule has 0 spiro atoms. The zero-order valence-electron chi connectivity index (χ0n) is 32.9. The van der Waals surface area contributed by atoms with Gasteiger partial charge in [-0.2, -0.15) is 0 Å². The van der Waals surface area contributed by atoms with Crippen LogP contribution in [-0.4, -0.2) is 25.2 Å². The molecule has 0 radical (unpaired) electrons. The van der Waals surface area contributed by atoms with Gasteiger partial charge in [0.1, 0.15) is 0 Å². The van der Waals surface area contributed by atoms with Gasteiger partial charge < -0.3 is 9.47 Å². The highest BCUT2D eigenvalue weighted by Crippen LogP contribution is 2.15. The van der Waals surface area contributed by atoms with Crippen LogP contribution in [0.2, 0.25) is 0 Å². The van der Waals surface area contributed by atoms with Crippen LogP contribution in [0.5, 0.6) is 0 Å². The maximum atomic E-state index is 12.0. The lowest BCUT2D eigenvalue weighted by molar-refractivity contribution is -0.144. The molecule has 0 amide bonds. The molecule has 0 unspecified atom stereocenters. The Morgan fingerprint density at radius 2 is 0.458 bits per heavy atom. The number of unbranched alkanes of at least 4 members (excludes halogenated alkanes) is 33. The molecule has 0 aliphatic heterocycles. The molecule has 286 valence electrons. The van der Waals surface area contributed by atoms with Crippen molar-refractivity contribution < 1.29 is 19.1 Å². The molecule has 0 N–H and O–H groups in total. The Morgan fingerprint density at radius 1 is 0.271 bits per heavy atom. The van der Waals surface area contributed by atoms with Gasteiger partial charge in [-0.1, -0.05) is 219 Å². The van der Waals surface area contributed by atoms with Crippen molar-refractivity contribution in [2.24, 2.45) is 0 Å². The summed E-state index contributed by atoms with van der Waals surface area (Å²) in [6.45, 7) is 5.73. The van der Waals surface area contributed by atoms with E-state index in [-0.39, 0.29) is 11.9 Å². The number of hydrogen-bond donors (Lipinski definition) is 0. The minimum Gasteiger partial charge on any atom is -0.466 e. The average Bonchev–Trinajstić information content (AvgIpc) is 3.09. The summed E-state index contributed by atoms with van der Waals surface area (Å²) < 4.78 is 10.9. The minimum atomic E-state index is -0.00535. The minimum absolute atomic E-state index is 0.00535. The molecule has 0 fully saturated rings. The Kier molecular flexibility index (Phi) is 41.2. The van der Waals surface area contributed by atoms with Gasteiger partial charge in [0.2, 0.25) is 0 Å². The zero-order chi connectivity index (χ0) is 34.9. The number of carbonyl (C=O) groups is 2. The van der Waals surface area contributed by atoms with Gasteiger partial charge in [0.15, 0.2) is 0 Å². The van der Waals surface area contributed by atoms with Crippen molar-refractivity contribution in [3.05, 3.63) is 0 Å². The van der Waals surface area contributed by atoms with Gasteiger partial charge >= 0.3 is 11.9 Å². The van der Waals surface area contributed by atoms with E-state index >= 15 is 0 Å². The van der Waals surface area contributed by atoms with Crippen molar-refractivity contribution in [2.45, 2.75) is 258 Å². The van der Waals surface area contributed by atoms with Crippen LogP contribution < -0.4 is 0 Å². The molecule has 0 aliphatic carbocycles. The van der Waals surface area contributed by atoms with Gasteiger partial charge in [0.05, 0.1) is 13.2 Å². The molecule has 0 saturated carbocycles. The Labute approximate surface area is 301 Å². The Hall–Kier alpha value is -1.06. The summed E-state index contributed by atoms with van der Waals surface area (Å²) in [4.78, 5) is 23.9. The third-order valence-electron chi connectivity index (χ3n) is 10.0. The molecule has 4 heteroatoms. The first-order valence-electron chi connectivity index (χ1n) is 22.0. The maximum absolute atomic E-state index is 12.0. The first-order chi connectivity index (χ1) is 23.7. The summed E-state index contributed by atoms with van der Waals surface area (Å²) in [6, 6.07) is 0. The second kappa shape index (κ2) is 42.1. The fourth-order valence-corrected chi connectivity index (χ4v) is 6.71. The van der Waals surface area contributed by atoms with Crippen molar-refractivity contribution >= 4 is 11.9 Å². The van der Waals surface area contributed by atoms with Crippen LogP contribution in [0, 0.1) is 0 Å². The first-order valence-corrected chi connectivity index (χ1v) is 22.0. The van der Waals surface area contributed by atoms with Gasteiger partial charge in [-0.25, -0.2) is 0 Å². The lowest BCUT2D eigenvalue weighted by atomic mass is 10.0. The summed E-state index contributed by atoms with van der Waals surface area (Å²) in [7, 11) is 0. The monoisotopic (exact) mass is 679 g/mol. The van der Waals surface area contributed by atoms with E-state index in [1.807, 2.05) is 0 Å². The van der Waals surface area contributed by atoms with Crippen LogP contribution in [0.25, 0.3) is 0 Å². The van der Waals surface area contributed by atoms with E-state index in [0.717, 1.165) is 51.4 Å². The van der Waals surface area contributed by atoms with Gasteiger partial charge in [0.25, 0.3) is 0 Å². The molecule has 0 heterocycles. The highest BCUT2D eigenvalue weighted by atomic mass is 16.5.